The summed E-state index contributed by atoms with van der Waals surface area (Å²) in [6.45, 7) is 0. The van der Waals surface area contributed by atoms with Gasteiger partial charge < -0.3 is 0 Å². The largest absolute Gasteiger partial charge is 0.336 e. The van der Waals surface area contributed by atoms with Gasteiger partial charge in [-0.3, -0.25) is 0 Å². The summed E-state index contributed by atoms with van der Waals surface area (Å²) in [7, 11) is 0. The highest BCUT2D eigenvalue weighted by Crippen LogP contribution is 2.86. The van der Waals surface area contributed by atoms with Crippen LogP contribution in [0.2, 0.25) is 0 Å². The molecular formula is C10H2Cl2F12. The van der Waals surface area contributed by atoms with Crippen molar-refractivity contribution in [2.24, 2.45) is 0 Å². The van der Waals surface area contributed by atoms with Gasteiger partial charge in [0.05, 0.1) is 0 Å². The van der Waals surface area contributed by atoms with Gasteiger partial charge in [-0.1, -0.05) is 23.2 Å². The zero-order chi connectivity index (χ0) is 19.2. The molecule has 0 aromatic heterocycles. The van der Waals surface area contributed by atoms with Crippen LogP contribution >= 0.6 is 23.2 Å². The zero-order valence-electron chi connectivity index (χ0n) is 10.5. The molecule has 14 heteroatoms. The second kappa shape index (κ2) is 3.59. The molecule has 0 saturated heterocycles. The molecule has 0 unspecified atom stereocenters. The highest BCUT2D eigenvalue weighted by atomic mass is 35.5. The molecule has 4 aliphatic rings. The minimum atomic E-state index is -7.06. The molecule has 0 radical (unpaired) electrons. The van der Waals surface area contributed by atoms with Gasteiger partial charge in [-0.25, -0.2) is 17.6 Å². The lowest BCUT2D eigenvalue weighted by Gasteiger charge is -2.72. The second-order valence-corrected chi connectivity index (χ2v) is 7.30. The van der Waals surface area contributed by atoms with Crippen molar-refractivity contribution >= 4 is 23.2 Å². The van der Waals surface area contributed by atoms with Crippen LogP contribution in [0, 0.1) is 0 Å². The number of alkyl halides is 14. The Bertz CT molecular complexity index is 556. The maximum Gasteiger partial charge on any atom is 0.336 e. The first-order valence-electron chi connectivity index (χ1n) is 5.85. The first kappa shape index (κ1) is 18.5. The number of rotatable bonds is 0. The second-order valence-electron chi connectivity index (χ2n) is 5.97. The average Bonchev–Trinajstić information content (AvgIpc) is 2.39. The predicted octanol–water partition coefficient (Wildman–Crippen LogP) is 4.97. The molecular weight excluding hydrogens is 419 g/mol. The average molecular weight is 421 g/mol. The summed E-state index contributed by atoms with van der Waals surface area (Å²) in [5.74, 6) is -27.2. The number of hydrogen-bond donors (Lipinski definition) is 0. The van der Waals surface area contributed by atoms with Crippen molar-refractivity contribution in [3.05, 3.63) is 0 Å². The van der Waals surface area contributed by atoms with Gasteiger partial charge in [-0.2, -0.15) is 35.1 Å². The fraction of sp³-hybridized carbons (Fsp3) is 1.00. The van der Waals surface area contributed by atoms with Crippen molar-refractivity contribution in [3.63, 3.8) is 0 Å². The molecule has 4 fully saturated rings. The summed E-state index contributed by atoms with van der Waals surface area (Å²) < 4.78 is 163. The molecule has 0 nitrogen and oxygen atoms in total. The molecule has 24 heavy (non-hydrogen) atoms. The van der Waals surface area contributed by atoms with Crippen molar-refractivity contribution in [2.75, 3.05) is 0 Å². The molecule has 4 saturated carbocycles. The molecule has 4 bridgehead atoms. The highest BCUT2D eigenvalue weighted by Gasteiger charge is 3.15. The maximum atomic E-state index is 14.5. The topological polar surface area (TPSA) is 0 Å². The van der Waals surface area contributed by atoms with Gasteiger partial charge in [-0.05, 0) is 0 Å². The summed E-state index contributed by atoms with van der Waals surface area (Å²) in [5.41, 5.74) is -25.0. The van der Waals surface area contributed by atoms with E-state index in [2.05, 4.69) is 23.2 Å². The number of hydrogen-bond acceptors (Lipinski definition) is 0. The Hall–Kier alpha value is -0.260. The van der Waals surface area contributed by atoms with Crippen LogP contribution < -0.4 is 0 Å². The van der Waals surface area contributed by atoms with Crippen LogP contribution in [0.1, 0.15) is 6.42 Å². The lowest BCUT2D eigenvalue weighted by Crippen LogP contribution is -3.03. The van der Waals surface area contributed by atoms with Gasteiger partial charge in [0.25, 0.3) is 5.67 Å². The Kier molecular flexibility index (Phi) is 2.77. The Morgan fingerprint density at radius 2 is 0.792 bits per heavy atom. The van der Waals surface area contributed by atoms with Crippen LogP contribution in [-0.2, 0) is 0 Å². The third kappa shape index (κ3) is 1.02. The van der Waals surface area contributed by atoms with Gasteiger partial charge in [0.1, 0.15) is 0 Å². The summed E-state index contributed by atoms with van der Waals surface area (Å²) in [6, 6.07) is 0. The first-order chi connectivity index (χ1) is 10.2. The Labute approximate surface area is 134 Å². The predicted molar refractivity (Wildman–Crippen MR) is 54.2 cm³/mol. The molecule has 0 aromatic carbocycles. The molecule has 0 amide bonds. The summed E-state index contributed by atoms with van der Waals surface area (Å²) in [6.07, 6.45) is -3.31. The first-order valence-corrected chi connectivity index (χ1v) is 6.61. The maximum absolute atomic E-state index is 14.5. The Balaban J connectivity index is 2.60. The van der Waals surface area contributed by atoms with E-state index in [1.165, 1.54) is 0 Å². The number of halogens is 14. The van der Waals surface area contributed by atoms with Gasteiger partial charge in [0.15, 0.2) is 0 Å². The normalized spacial score (nSPS) is 54.8. The quantitative estimate of drug-likeness (QED) is 0.383. The minimum absolute atomic E-state index is 3.31. The van der Waals surface area contributed by atoms with Crippen LogP contribution in [0.5, 0.6) is 0 Å². The third-order valence-corrected chi connectivity index (χ3v) is 6.19. The van der Waals surface area contributed by atoms with Crippen LogP contribution in [0.15, 0.2) is 0 Å². The zero-order valence-corrected chi connectivity index (χ0v) is 12.0. The van der Waals surface area contributed by atoms with Crippen molar-refractivity contribution in [2.45, 2.75) is 57.1 Å². The van der Waals surface area contributed by atoms with Crippen LogP contribution in [0.25, 0.3) is 0 Å². The van der Waals surface area contributed by atoms with Crippen LogP contribution in [-0.4, -0.2) is 50.7 Å². The Morgan fingerprint density at radius 3 is 1.21 bits per heavy atom. The lowest BCUT2D eigenvalue weighted by atomic mass is 9.43. The third-order valence-electron chi connectivity index (χ3n) is 5.07. The molecule has 0 N–H and O–H groups in total. The summed E-state index contributed by atoms with van der Waals surface area (Å²) in [5, 5.41) is 0. The van der Waals surface area contributed by atoms with E-state index in [1.807, 2.05) is 0 Å². The van der Waals surface area contributed by atoms with E-state index >= 15 is 0 Å². The van der Waals surface area contributed by atoms with Gasteiger partial charge >= 0.3 is 29.4 Å². The highest BCUT2D eigenvalue weighted by molar-refractivity contribution is 6.51. The molecule has 4 atom stereocenters. The minimum Gasteiger partial charge on any atom is -0.233 e. The van der Waals surface area contributed by atoms with Gasteiger partial charge in [0, 0.05) is 6.42 Å². The Morgan fingerprint density at radius 1 is 0.458 bits per heavy atom. The van der Waals surface area contributed by atoms with E-state index in [4.69, 9.17) is 0 Å². The van der Waals surface area contributed by atoms with E-state index in [1.54, 1.807) is 0 Å². The van der Waals surface area contributed by atoms with Crippen molar-refractivity contribution in [1.82, 2.24) is 0 Å². The van der Waals surface area contributed by atoms with E-state index in [9.17, 15) is 52.7 Å². The molecule has 0 heterocycles. The summed E-state index contributed by atoms with van der Waals surface area (Å²) in [4.78, 5) is 0. The molecule has 4 aliphatic carbocycles. The van der Waals surface area contributed by atoms with E-state index in [-0.39, 0.29) is 0 Å². The molecule has 4 rings (SSSR count). The molecule has 0 aromatic rings. The smallest absolute Gasteiger partial charge is 0.233 e. The molecule has 0 spiro atoms. The molecule has 0 aliphatic heterocycles. The fourth-order valence-corrected chi connectivity index (χ4v) is 4.53. The monoisotopic (exact) mass is 420 g/mol. The van der Waals surface area contributed by atoms with E-state index < -0.39 is 57.1 Å². The van der Waals surface area contributed by atoms with Crippen molar-refractivity contribution in [1.29, 1.82) is 0 Å². The van der Waals surface area contributed by atoms with Gasteiger partial charge in [-0.15, -0.1) is 0 Å². The van der Waals surface area contributed by atoms with Crippen molar-refractivity contribution < 1.29 is 52.7 Å². The van der Waals surface area contributed by atoms with Gasteiger partial charge in [0.2, 0.25) is 15.7 Å². The fourth-order valence-electron chi connectivity index (χ4n) is 3.69. The lowest BCUT2D eigenvalue weighted by molar-refractivity contribution is -0.530. The van der Waals surface area contributed by atoms with Crippen LogP contribution in [0.4, 0.5) is 52.7 Å². The van der Waals surface area contributed by atoms with E-state index in [0.29, 0.717) is 0 Å². The molecule has 140 valence electrons. The van der Waals surface area contributed by atoms with Crippen LogP contribution in [0.3, 0.4) is 0 Å². The van der Waals surface area contributed by atoms with E-state index in [0.717, 1.165) is 0 Å². The SMILES string of the molecule is FC1(F)[C@]2(F)C[C@]3(F)C(F)(F)[C@@]1(F)C(F)(F)[C@@](F)(C3(F)F)C2(Cl)Cl. The standard InChI is InChI=1S/C10H2Cl2F12/c11-6(12)2(13)1-3(14)8(19,20)4(6,15)10(23,24)5(16,7(2,17)18)9(3,21)22/h1H2/t2-,3+,4-,5+/m0/s1. The summed E-state index contributed by atoms with van der Waals surface area (Å²) >= 11 is 9.35. The van der Waals surface area contributed by atoms with Crippen molar-refractivity contribution in [3.8, 4) is 0 Å².